The fourth-order valence-electron chi connectivity index (χ4n) is 4.74. The van der Waals surface area contributed by atoms with Gasteiger partial charge in [0.25, 0.3) is 0 Å². The van der Waals surface area contributed by atoms with E-state index in [-0.39, 0.29) is 17.3 Å². The number of benzene rings is 1. The number of hydrogen-bond acceptors (Lipinski definition) is 4. The van der Waals surface area contributed by atoms with Gasteiger partial charge in [-0.05, 0) is 63.8 Å². The summed E-state index contributed by atoms with van der Waals surface area (Å²) < 4.78 is 13.2. The van der Waals surface area contributed by atoms with Crippen LogP contribution in [0.5, 0.6) is 0 Å². The Balaban J connectivity index is 1.46. The number of carbonyl (C=O) groups excluding carboxylic acids is 1. The fourth-order valence-corrected chi connectivity index (χ4v) is 5.72. The number of hydrogen-bond donors (Lipinski definition) is 0. The van der Waals surface area contributed by atoms with E-state index in [0.29, 0.717) is 13.0 Å². The topological polar surface area (TPSA) is 36.4 Å². The fraction of sp³-hybridized carbons (Fsp3) is 0.545. The molecule has 1 unspecified atom stereocenters. The van der Waals surface area contributed by atoms with E-state index in [1.54, 1.807) is 23.5 Å². The Kier molecular flexibility index (Phi) is 5.52. The Morgan fingerprint density at radius 3 is 2.61 bits per heavy atom. The number of aryl methyl sites for hydroxylation is 2. The van der Waals surface area contributed by atoms with Crippen LogP contribution in [0.2, 0.25) is 0 Å². The molecule has 3 heterocycles. The van der Waals surface area contributed by atoms with E-state index in [1.165, 1.54) is 17.0 Å². The maximum Gasteiger partial charge on any atom is 0.223 e. The maximum absolute atomic E-state index is 13.2. The van der Waals surface area contributed by atoms with Crippen LogP contribution in [0.4, 0.5) is 4.39 Å². The molecule has 1 amide bonds. The number of likely N-dealkylation sites (tertiary alicyclic amines) is 2. The maximum atomic E-state index is 13.2. The monoisotopic (exact) mass is 401 g/mol. The lowest BCUT2D eigenvalue weighted by atomic mass is 9.87. The minimum atomic E-state index is -0.232. The van der Waals surface area contributed by atoms with E-state index < -0.39 is 0 Å². The first kappa shape index (κ1) is 19.5. The summed E-state index contributed by atoms with van der Waals surface area (Å²) in [6.07, 6.45) is 4.74. The molecular formula is C22H28FN3OS. The van der Waals surface area contributed by atoms with Gasteiger partial charge in [-0.15, -0.1) is 11.3 Å². The molecule has 28 heavy (non-hydrogen) atoms. The predicted octanol–water partition coefficient (Wildman–Crippen LogP) is 4.45. The Bertz CT molecular complexity index is 850. The van der Waals surface area contributed by atoms with Crippen molar-refractivity contribution in [1.82, 2.24) is 14.8 Å². The van der Waals surface area contributed by atoms with E-state index in [9.17, 15) is 9.18 Å². The number of amides is 1. The van der Waals surface area contributed by atoms with E-state index in [0.717, 1.165) is 61.6 Å². The smallest absolute Gasteiger partial charge is 0.223 e. The molecule has 1 aromatic heterocycles. The molecule has 1 aromatic carbocycles. The number of carbonyl (C=O) groups is 1. The molecule has 0 aliphatic carbocycles. The van der Waals surface area contributed by atoms with Crippen LogP contribution in [0.15, 0.2) is 24.3 Å². The largest absolute Gasteiger partial charge is 0.333 e. The van der Waals surface area contributed by atoms with Crippen LogP contribution < -0.4 is 0 Å². The van der Waals surface area contributed by atoms with Crippen LogP contribution in [0, 0.1) is 19.7 Å². The highest BCUT2D eigenvalue weighted by atomic mass is 32.1. The Morgan fingerprint density at radius 2 is 1.89 bits per heavy atom. The summed E-state index contributed by atoms with van der Waals surface area (Å²) in [6, 6.07) is 6.56. The molecule has 150 valence electrons. The molecule has 6 heteroatoms. The molecule has 2 aliphatic heterocycles. The van der Waals surface area contributed by atoms with Gasteiger partial charge in [-0.1, -0.05) is 12.1 Å². The first-order valence-corrected chi connectivity index (χ1v) is 11.0. The Morgan fingerprint density at radius 1 is 1.11 bits per heavy atom. The standard InChI is InChI=1S/C22H28FN3OS/c1-16-20(28-17(2)24-16)15-25-12-3-9-22(11-13-25)10-8-21(27)26(22)14-18-4-6-19(23)7-5-18/h4-7H,3,8-15H2,1-2H3. The van der Waals surface area contributed by atoms with Gasteiger partial charge >= 0.3 is 0 Å². The van der Waals surface area contributed by atoms with Crippen LogP contribution >= 0.6 is 11.3 Å². The molecule has 2 fully saturated rings. The van der Waals surface area contributed by atoms with Crippen molar-refractivity contribution in [2.45, 2.75) is 64.6 Å². The highest BCUT2D eigenvalue weighted by molar-refractivity contribution is 7.11. The second-order valence-corrected chi connectivity index (χ2v) is 9.49. The SMILES string of the molecule is Cc1nc(C)c(CN2CCCC3(CCC(=O)N3Cc3ccc(F)cc3)CC2)s1. The molecule has 4 rings (SSSR count). The zero-order chi connectivity index (χ0) is 19.7. The van der Waals surface area contributed by atoms with E-state index >= 15 is 0 Å². The van der Waals surface area contributed by atoms with E-state index in [4.69, 9.17) is 0 Å². The van der Waals surface area contributed by atoms with E-state index in [2.05, 4.69) is 28.6 Å². The molecule has 2 saturated heterocycles. The van der Waals surface area contributed by atoms with Crippen LogP contribution in [-0.2, 0) is 17.9 Å². The van der Waals surface area contributed by atoms with Crippen molar-refractivity contribution in [2.24, 2.45) is 0 Å². The van der Waals surface area contributed by atoms with Gasteiger partial charge in [-0.2, -0.15) is 0 Å². The van der Waals surface area contributed by atoms with Crippen molar-refractivity contribution in [3.05, 3.63) is 51.2 Å². The normalized spacial score (nSPS) is 23.5. The van der Waals surface area contributed by atoms with Crippen molar-refractivity contribution < 1.29 is 9.18 Å². The van der Waals surface area contributed by atoms with Gasteiger partial charge in [0.2, 0.25) is 5.91 Å². The molecule has 0 bridgehead atoms. The summed E-state index contributed by atoms with van der Waals surface area (Å²) in [5, 5.41) is 1.13. The molecule has 2 aromatic rings. The summed E-state index contributed by atoms with van der Waals surface area (Å²) in [6.45, 7) is 7.78. The van der Waals surface area contributed by atoms with Gasteiger partial charge in [0.1, 0.15) is 5.82 Å². The summed E-state index contributed by atoms with van der Waals surface area (Å²) in [5.74, 6) is 0.0108. The molecule has 4 nitrogen and oxygen atoms in total. The van der Waals surface area contributed by atoms with Gasteiger partial charge in [0, 0.05) is 36.5 Å². The molecule has 1 atom stereocenters. The second kappa shape index (κ2) is 7.91. The number of thiazole rings is 1. The van der Waals surface area contributed by atoms with Crippen LogP contribution in [0.25, 0.3) is 0 Å². The molecule has 2 aliphatic rings. The Hall–Kier alpha value is -1.79. The summed E-state index contributed by atoms with van der Waals surface area (Å²) in [5.41, 5.74) is 2.11. The van der Waals surface area contributed by atoms with Gasteiger partial charge in [0.05, 0.1) is 10.7 Å². The summed E-state index contributed by atoms with van der Waals surface area (Å²) in [7, 11) is 0. The summed E-state index contributed by atoms with van der Waals surface area (Å²) >= 11 is 1.79. The highest BCUT2D eigenvalue weighted by Crippen LogP contribution is 2.40. The van der Waals surface area contributed by atoms with Crippen LogP contribution in [-0.4, -0.2) is 39.3 Å². The van der Waals surface area contributed by atoms with Crippen LogP contribution in [0.1, 0.15) is 53.2 Å². The number of nitrogens with zero attached hydrogens (tertiary/aromatic N) is 3. The zero-order valence-corrected chi connectivity index (χ0v) is 17.5. The van der Waals surface area contributed by atoms with Gasteiger partial charge in [0.15, 0.2) is 0 Å². The lowest BCUT2D eigenvalue weighted by Gasteiger charge is -2.38. The molecule has 1 spiro atoms. The van der Waals surface area contributed by atoms with Gasteiger partial charge < -0.3 is 4.90 Å². The Labute approximate surface area is 170 Å². The summed E-state index contributed by atoms with van der Waals surface area (Å²) in [4.78, 5) is 23.2. The third-order valence-electron chi connectivity index (χ3n) is 6.31. The quantitative estimate of drug-likeness (QED) is 0.760. The zero-order valence-electron chi connectivity index (χ0n) is 16.7. The van der Waals surface area contributed by atoms with E-state index in [1.807, 2.05) is 0 Å². The first-order valence-electron chi connectivity index (χ1n) is 10.2. The van der Waals surface area contributed by atoms with Gasteiger partial charge in [-0.25, -0.2) is 9.37 Å². The third-order valence-corrected chi connectivity index (χ3v) is 7.37. The minimum Gasteiger partial charge on any atom is -0.333 e. The number of halogens is 1. The minimum absolute atomic E-state index is 0.0428. The third kappa shape index (κ3) is 3.98. The van der Waals surface area contributed by atoms with Gasteiger partial charge in [-0.3, -0.25) is 9.69 Å². The molecule has 0 N–H and O–H groups in total. The number of aromatic nitrogens is 1. The van der Waals surface area contributed by atoms with Crippen molar-refractivity contribution in [2.75, 3.05) is 13.1 Å². The van der Waals surface area contributed by atoms with Crippen molar-refractivity contribution in [1.29, 1.82) is 0 Å². The van der Waals surface area contributed by atoms with Crippen LogP contribution in [0.3, 0.4) is 0 Å². The first-order chi connectivity index (χ1) is 13.4. The molecular weight excluding hydrogens is 373 g/mol. The highest BCUT2D eigenvalue weighted by Gasteiger charge is 2.45. The predicted molar refractivity (Wildman–Crippen MR) is 110 cm³/mol. The second-order valence-electron chi connectivity index (χ2n) is 8.20. The molecule has 0 radical (unpaired) electrons. The lowest BCUT2D eigenvalue weighted by Crippen LogP contribution is -2.45. The van der Waals surface area contributed by atoms with Crippen molar-refractivity contribution >= 4 is 17.2 Å². The van der Waals surface area contributed by atoms with Crippen molar-refractivity contribution in [3.63, 3.8) is 0 Å². The average molecular weight is 402 g/mol. The molecule has 0 saturated carbocycles. The lowest BCUT2D eigenvalue weighted by molar-refractivity contribution is -0.132. The average Bonchev–Trinajstić information content (AvgIpc) is 3.04. The van der Waals surface area contributed by atoms with Crippen molar-refractivity contribution in [3.8, 4) is 0 Å². The number of rotatable bonds is 4.